The number of benzene rings is 3. The zero-order valence-corrected chi connectivity index (χ0v) is 15.4. The number of nitrogens with zero attached hydrogens (tertiary/aromatic N) is 2. The minimum atomic E-state index is -0.534. The number of aromatic nitrogens is 2. The van der Waals surface area contributed by atoms with Gasteiger partial charge in [0.05, 0.1) is 5.52 Å². The lowest BCUT2D eigenvalue weighted by Crippen LogP contribution is -2.07. The van der Waals surface area contributed by atoms with Crippen LogP contribution in [0.3, 0.4) is 0 Å². The summed E-state index contributed by atoms with van der Waals surface area (Å²) in [6, 6.07) is 19.7. The molecule has 29 heavy (non-hydrogen) atoms. The van der Waals surface area contributed by atoms with Gasteiger partial charge in [0, 0.05) is 29.6 Å². The summed E-state index contributed by atoms with van der Waals surface area (Å²) >= 11 is 0. The fourth-order valence-electron chi connectivity index (χ4n) is 3.58. The second-order valence-electron chi connectivity index (χ2n) is 6.99. The molecule has 142 valence electrons. The first-order valence-corrected chi connectivity index (χ1v) is 9.38. The monoisotopic (exact) mass is 384 g/mol. The Hall–Kier alpha value is -3.80. The van der Waals surface area contributed by atoms with Crippen molar-refractivity contribution in [1.82, 2.24) is 9.97 Å². The Balaban J connectivity index is 1.29. The first-order valence-electron chi connectivity index (χ1n) is 9.38. The van der Waals surface area contributed by atoms with Gasteiger partial charge >= 0.3 is 0 Å². The Labute approximate surface area is 166 Å². The van der Waals surface area contributed by atoms with Crippen LogP contribution in [-0.2, 0) is 6.42 Å². The van der Waals surface area contributed by atoms with Crippen molar-refractivity contribution in [2.45, 2.75) is 12.7 Å². The van der Waals surface area contributed by atoms with E-state index >= 15 is 0 Å². The number of hydrogen-bond donors (Lipinski definition) is 0. The molecule has 0 radical (unpaired) electrons. The van der Waals surface area contributed by atoms with Crippen molar-refractivity contribution in [3.8, 4) is 23.0 Å². The quantitative estimate of drug-likeness (QED) is 0.521. The Morgan fingerprint density at radius 3 is 2.55 bits per heavy atom. The predicted molar refractivity (Wildman–Crippen MR) is 105 cm³/mol. The maximum Gasteiger partial charge on any atom is 0.268 e. The second-order valence-corrected chi connectivity index (χ2v) is 6.99. The van der Waals surface area contributed by atoms with Gasteiger partial charge < -0.3 is 18.9 Å². The lowest BCUT2D eigenvalue weighted by Gasteiger charge is -2.10. The highest BCUT2D eigenvalue weighted by atomic mass is 16.7. The number of ether oxygens (including phenoxy) is 4. The molecule has 0 spiro atoms. The normalized spacial score (nSPS) is 16.3. The Bertz CT molecular complexity index is 1230. The van der Waals surface area contributed by atoms with Crippen LogP contribution < -0.4 is 18.9 Å². The molecule has 0 aliphatic carbocycles. The average Bonchev–Trinajstić information content (AvgIpc) is 3.38. The van der Waals surface area contributed by atoms with E-state index in [-0.39, 0.29) is 6.79 Å². The van der Waals surface area contributed by atoms with Gasteiger partial charge in [-0.05, 0) is 29.8 Å². The van der Waals surface area contributed by atoms with Crippen molar-refractivity contribution in [2.75, 3.05) is 6.79 Å². The van der Waals surface area contributed by atoms with Crippen LogP contribution in [0.15, 0.2) is 66.9 Å². The summed E-state index contributed by atoms with van der Waals surface area (Å²) in [7, 11) is 0. The molecule has 2 aliphatic heterocycles. The van der Waals surface area contributed by atoms with E-state index in [4.69, 9.17) is 23.9 Å². The molecule has 3 aromatic carbocycles. The van der Waals surface area contributed by atoms with Gasteiger partial charge in [-0.2, -0.15) is 0 Å². The largest absolute Gasteiger partial charge is 0.454 e. The van der Waals surface area contributed by atoms with Crippen LogP contribution in [0, 0.1) is 0 Å². The van der Waals surface area contributed by atoms with Crippen LogP contribution in [0.5, 0.6) is 23.0 Å². The molecule has 0 fully saturated rings. The van der Waals surface area contributed by atoms with Crippen molar-refractivity contribution in [2.24, 2.45) is 0 Å². The molecule has 4 aromatic rings. The standard InChI is InChI=1S/C23H16N2O4/c1-2-4-14(5-3-1)8-22-24-12-16-10-20-21(11-17(16)25-22)29-23(28-20)15-6-7-18-19(9-15)27-13-26-18/h1-7,9-12,23H,8,13H2. The molecule has 2 aliphatic rings. The third-order valence-electron chi connectivity index (χ3n) is 5.04. The van der Waals surface area contributed by atoms with E-state index in [0.717, 1.165) is 28.0 Å². The van der Waals surface area contributed by atoms with Crippen LogP contribution in [0.1, 0.15) is 23.2 Å². The van der Waals surface area contributed by atoms with Crippen LogP contribution in [0.4, 0.5) is 0 Å². The highest BCUT2D eigenvalue weighted by Crippen LogP contribution is 2.44. The molecule has 1 unspecified atom stereocenters. The molecular formula is C23H16N2O4. The van der Waals surface area contributed by atoms with Gasteiger partial charge in [-0.15, -0.1) is 0 Å². The van der Waals surface area contributed by atoms with Gasteiger partial charge in [-0.3, -0.25) is 0 Å². The van der Waals surface area contributed by atoms with Crippen molar-refractivity contribution >= 4 is 10.9 Å². The molecule has 6 rings (SSSR count). The fourth-order valence-corrected chi connectivity index (χ4v) is 3.58. The van der Waals surface area contributed by atoms with Crippen LogP contribution in [-0.4, -0.2) is 16.8 Å². The third-order valence-corrected chi connectivity index (χ3v) is 5.04. The molecule has 3 heterocycles. The van der Waals surface area contributed by atoms with E-state index in [1.165, 1.54) is 5.56 Å². The predicted octanol–water partition coefficient (Wildman–Crippen LogP) is 4.42. The van der Waals surface area contributed by atoms with Gasteiger partial charge in [-0.1, -0.05) is 30.3 Å². The van der Waals surface area contributed by atoms with Crippen LogP contribution in [0.2, 0.25) is 0 Å². The minimum absolute atomic E-state index is 0.237. The Morgan fingerprint density at radius 2 is 1.66 bits per heavy atom. The molecule has 1 atom stereocenters. The molecule has 0 N–H and O–H groups in total. The zero-order valence-electron chi connectivity index (χ0n) is 15.4. The number of rotatable bonds is 3. The third kappa shape index (κ3) is 2.89. The van der Waals surface area contributed by atoms with E-state index in [1.54, 1.807) is 0 Å². The number of fused-ring (bicyclic) bond motifs is 3. The summed E-state index contributed by atoms with van der Waals surface area (Å²) < 4.78 is 22.9. The van der Waals surface area contributed by atoms with E-state index < -0.39 is 6.29 Å². The summed E-state index contributed by atoms with van der Waals surface area (Å²) in [4.78, 5) is 9.22. The van der Waals surface area contributed by atoms with E-state index in [0.29, 0.717) is 23.7 Å². The van der Waals surface area contributed by atoms with Crippen LogP contribution >= 0.6 is 0 Å². The molecule has 1 aromatic heterocycles. The summed E-state index contributed by atoms with van der Waals surface area (Å²) in [5, 5.41) is 0.912. The summed E-state index contributed by atoms with van der Waals surface area (Å²) in [6.07, 6.45) is 1.98. The SMILES string of the molecule is c1ccc(Cc2ncc3cc4c(cc3n2)OC(c2ccc3c(c2)OCO3)O4)cc1. The molecular weight excluding hydrogens is 368 g/mol. The molecule has 6 heteroatoms. The van der Waals surface area contributed by atoms with Crippen LogP contribution in [0.25, 0.3) is 10.9 Å². The van der Waals surface area contributed by atoms with E-state index in [9.17, 15) is 0 Å². The molecule has 0 amide bonds. The summed E-state index contributed by atoms with van der Waals surface area (Å²) in [5.74, 6) is 3.56. The van der Waals surface area contributed by atoms with Gasteiger partial charge in [0.2, 0.25) is 6.79 Å². The van der Waals surface area contributed by atoms with E-state index in [1.807, 2.05) is 54.7 Å². The van der Waals surface area contributed by atoms with Crippen molar-refractivity contribution in [3.05, 3.63) is 83.8 Å². The lowest BCUT2D eigenvalue weighted by molar-refractivity contribution is 0.0486. The average molecular weight is 384 g/mol. The van der Waals surface area contributed by atoms with Crippen molar-refractivity contribution in [3.63, 3.8) is 0 Å². The van der Waals surface area contributed by atoms with Gasteiger partial charge in [0.15, 0.2) is 23.0 Å². The first-order chi connectivity index (χ1) is 14.3. The Kier molecular flexibility index (Phi) is 3.56. The fraction of sp³-hybridized carbons (Fsp3) is 0.130. The van der Waals surface area contributed by atoms with E-state index in [2.05, 4.69) is 17.1 Å². The van der Waals surface area contributed by atoms with Gasteiger partial charge in [0.1, 0.15) is 5.82 Å². The maximum atomic E-state index is 6.04. The smallest absolute Gasteiger partial charge is 0.268 e. The highest BCUT2D eigenvalue weighted by molar-refractivity contribution is 5.82. The first kappa shape index (κ1) is 16.2. The molecule has 6 nitrogen and oxygen atoms in total. The Morgan fingerprint density at radius 1 is 0.828 bits per heavy atom. The summed E-state index contributed by atoms with van der Waals surface area (Å²) in [5.41, 5.74) is 2.88. The van der Waals surface area contributed by atoms with Gasteiger partial charge in [-0.25, -0.2) is 9.97 Å². The molecule has 0 saturated carbocycles. The topological polar surface area (TPSA) is 62.7 Å². The summed E-state index contributed by atoms with van der Waals surface area (Å²) in [6.45, 7) is 0.237. The second kappa shape index (κ2) is 6.38. The number of hydrogen-bond acceptors (Lipinski definition) is 6. The van der Waals surface area contributed by atoms with Gasteiger partial charge in [0.25, 0.3) is 6.29 Å². The molecule has 0 bridgehead atoms. The molecule has 0 saturated heterocycles. The minimum Gasteiger partial charge on any atom is -0.454 e. The highest BCUT2D eigenvalue weighted by Gasteiger charge is 2.28. The van der Waals surface area contributed by atoms with Crippen molar-refractivity contribution < 1.29 is 18.9 Å². The maximum absolute atomic E-state index is 6.04. The van der Waals surface area contributed by atoms with Crippen molar-refractivity contribution in [1.29, 1.82) is 0 Å². The lowest BCUT2D eigenvalue weighted by atomic mass is 10.1. The zero-order chi connectivity index (χ0) is 19.2.